The van der Waals surface area contributed by atoms with Gasteiger partial charge in [-0.2, -0.15) is 0 Å². The molecule has 3 rings (SSSR count). The Bertz CT molecular complexity index is 681. The molecule has 1 aliphatic rings. The van der Waals surface area contributed by atoms with Gasteiger partial charge < -0.3 is 16.0 Å². The van der Waals surface area contributed by atoms with Crippen molar-refractivity contribution >= 4 is 23.1 Å². The zero-order chi connectivity index (χ0) is 16.2. The Hall–Kier alpha value is -2.63. The molecule has 1 amide bonds. The second kappa shape index (κ2) is 6.64. The minimum Gasteiger partial charge on any atom is -0.399 e. The summed E-state index contributed by atoms with van der Waals surface area (Å²) in [7, 11) is 0. The Morgan fingerprint density at radius 2 is 2.09 bits per heavy atom. The van der Waals surface area contributed by atoms with Crippen LogP contribution in [0.15, 0.2) is 36.8 Å². The highest BCUT2D eigenvalue weighted by Crippen LogP contribution is 2.24. The number of rotatable bonds is 3. The molecule has 6 heteroatoms. The number of nitrogen functional groups attached to an aromatic ring is 1. The average Bonchev–Trinajstić information content (AvgIpc) is 2.59. The van der Waals surface area contributed by atoms with E-state index >= 15 is 0 Å². The van der Waals surface area contributed by atoms with Gasteiger partial charge in [-0.15, -0.1) is 0 Å². The van der Waals surface area contributed by atoms with Crippen molar-refractivity contribution in [3.63, 3.8) is 0 Å². The maximum atomic E-state index is 12.5. The molecular weight excluding hydrogens is 290 g/mol. The van der Waals surface area contributed by atoms with Crippen LogP contribution in [0.25, 0.3) is 0 Å². The highest BCUT2D eigenvalue weighted by Gasteiger charge is 2.26. The van der Waals surface area contributed by atoms with Crippen LogP contribution >= 0.6 is 0 Å². The van der Waals surface area contributed by atoms with Gasteiger partial charge >= 0.3 is 0 Å². The topological polar surface area (TPSA) is 84.1 Å². The van der Waals surface area contributed by atoms with Crippen LogP contribution in [0.3, 0.4) is 0 Å². The Morgan fingerprint density at radius 1 is 1.30 bits per heavy atom. The molecule has 0 bridgehead atoms. The lowest BCUT2D eigenvalue weighted by Gasteiger charge is -2.31. The van der Waals surface area contributed by atoms with Gasteiger partial charge in [0.15, 0.2) is 0 Å². The van der Waals surface area contributed by atoms with E-state index in [4.69, 9.17) is 5.73 Å². The van der Waals surface area contributed by atoms with E-state index in [0.29, 0.717) is 5.69 Å². The molecule has 23 heavy (non-hydrogen) atoms. The average molecular weight is 311 g/mol. The smallest absolute Gasteiger partial charge is 0.227 e. The van der Waals surface area contributed by atoms with E-state index in [-0.39, 0.29) is 11.8 Å². The van der Waals surface area contributed by atoms with Crippen molar-refractivity contribution in [3.8, 4) is 0 Å². The van der Waals surface area contributed by atoms with Gasteiger partial charge in [-0.1, -0.05) is 6.07 Å². The van der Waals surface area contributed by atoms with Crippen LogP contribution < -0.4 is 16.0 Å². The number of nitrogens with one attached hydrogen (secondary N) is 1. The third-order valence-electron chi connectivity index (χ3n) is 4.26. The summed E-state index contributed by atoms with van der Waals surface area (Å²) in [6.45, 7) is 3.59. The van der Waals surface area contributed by atoms with Crippen LogP contribution in [0.1, 0.15) is 18.4 Å². The molecule has 2 aromatic rings. The monoisotopic (exact) mass is 311 g/mol. The van der Waals surface area contributed by atoms with Crippen molar-refractivity contribution in [1.29, 1.82) is 0 Å². The third kappa shape index (κ3) is 3.59. The van der Waals surface area contributed by atoms with Crippen LogP contribution in [0.2, 0.25) is 0 Å². The Balaban J connectivity index is 1.59. The fraction of sp³-hybridized carbons (Fsp3) is 0.353. The highest BCUT2D eigenvalue weighted by atomic mass is 16.1. The number of nitrogens with zero attached hydrogens (tertiary/aromatic N) is 3. The second-order valence-corrected chi connectivity index (χ2v) is 5.89. The molecule has 1 fully saturated rings. The first-order valence-corrected chi connectivity index (χ1v) is 7.81. The number of nitrogens with two attached hydrogens (primary N) is 1. The summed E-state index contributed by atoms with van der Waals surface area (Å²) in [6.07, 6.45) is 6.73. The van der Waals surface area contributed by atoms with Crippen molar-refractivity contribution in [1.82, 2.24) is 9.97 Å². The van der Waals surface area contributed by atoms with E-state index in [1.54, 1.807) is 18.6 Å². The Morgan fingerprint density at radius 3 is 2.78 bits per heavy atom. The normalized spacial score (nSPS) is 15.4. The lowest BCUT2D eigenvalue weighted by molar-refractivity contribution is -0.120. The zero-order valence-corrected chi connectivity index (χ0v) is 13.2. The number of amides is 1. The van der Waals surface area contributed by atoms with Crippen LogP contribution in [-0.2, 0) is 4.79 Å². The van der Waals surface area contributed by atoms with E-state index in [2.05, 4.69) is 20.2 Å². The van der Waals surface area contributed by atoms with Gasteiger partial charge in [0.05, 0.1) is 6.20 Å². The van der Waals surface area contributed by atoms with E-state index in [0.717, 1.165) is 43.0 Å². The molecule has 0 aliphatic carbocycles. The maximum absolute atomic E-state index is 12.5. The number of piperidine rings is 1. The van der Waals surface area contributed by atoms with Gasteiger partial charge in [-0.3, -0.25) is 9.78 Å². The maximum Gasteiger partial charge on any atom is 0.227 e. The lowest BCUT2D eigenvalue weighted by atomic mass is 9.95. The van der Waals surface area contributed by atoms with Gasteiger partial charge in [0, 0.05) is 42.8 Å². The minimum atomic E-state index is 0.0174. The minimum absolute atomic E-state index is 0.0174. The van der Waals surface area contributed by atoms with Crippen molar-refractivity contribution in [2.75, 3.05) is 29.0 Å². The SMILES string of the molecule is Cc1ccc(N)cc1NC(=O)C1CCN(c2cnccn2)CC1. The van der Waals surface area contributed by atoms with Crippen LogP contribution in [0, 0.1) is 12.8 Å². The first-order chi connectivity index (χ1) is 11.1. The van der Waals surface area contributed by atoms with Crippen LogP contribution in [0.4, 0.5) is 17.2 Å². The van der Waals surface area contributed by atoms with Crippen LogP contribution in [-0.4, -0.2) is 29.0 Å². The summed E-state index contributed by atoms with van der Waals surface area (Å²) in [4.78, 5) is 23.0. The highest BCUT2D eigenvalue weighted by molar-refractivity contribution is 5.93. The fourth-order valence-corrected chi connectivity index (χ4v) is 2.83. The molecule has 0 saturated carbocycles. The van der Waals surface area contributed by atoms with Gasteiger partial charge in [-0.25, -0.2) is 4.98 Å². The van der Waals surface area contributed by atoms with E-state index in [1.807, 2.05) is 25.1 Å². The molecule has 6 nitrogen and oxygen atoms in total. The van der Waals surface area contributed by atoms with Crippen molar-refractivity contribution in [3.05, 3.63) is 42.4 Å². The molecule has 1 aliphatic heterocycles. The molecule has 0 radical (unpaired) electrons. The fourth-order valence-electron chi connectivity index (χ4n) is 2.83. The summed E-state index contributed by atoms with van der Waals surface area (Å²) < 4.78 is 0. The molecule has 0 atom stereocenters. The molecule has 1 saturated heterocycles. The lowest BCUT2D eigenvalue weighted by Crippen LogP contribution is -2.38. The summed E-state index contributed by atoms with van der Waals surface area (Å²) >= 11 is 0. The van der Waals surface area contributed by atoms with E-state index in [9.17, 15) is 4.79 Å². The first kappa shape index (κ1) is 15.3. The molecule has 1 aromatic heterocycles. The third-order valence-corrected chi connectivity index (χ3v) is 4.26. The number of aromatic nitrogens is 2. The van der Waals surface area contributed by atoms with E-state index in [1.165, 1.54) is 0 Å². The molecule has 1 aromatic carbocycles. The standard InChI is InChI=1S/C17H21N5O/c1-12-2-3-14(18)10-15(12)21-17(23)13-4-8-22(9-5-13)16-11-19-6-7-20-16/h2-3,6-7,10-11,13H,4-5,8-9,18H2,1H3,(H,21,23). The molecule has 3 N–H and O–H groups in total. The van der Waals surface area contributed by atoms with Crippen molar-refractivity contribution in [2.24, 2.45) is 5.92 Å². The van der Waals surface area contributed by atoms with Gasteiger partial charge in [0.1, 0.15) is 5.82 Å². The summed E-state index contributed by atoms with van der Waals surface area (Å²) in [5, 5.41) is 3.01. The summed E-state index contributed by atoms with van der Waals surface area (Å²) in [5.41, 5.74) is 8.26. The molecule has 0 spiro atoms. The van der Waals surface area contributed by atoms with Gasteiger partial charge in [-0.05, 0) is 37.5 Å². The summed E-state index contributed by atoms with van der Waals surface area (Å²) in [6, 6.07) is 5.56. The Labute approximate surface area is 135 Å². The molecule has 0 unspecified atom stereocenters. The Kier molecular flexibility index (Phi) is 4.41. The number of anilines is 3. The second-order valence-electron chi connectivity index (χ2n) is 5.89. The molecule has 2 heterocycles. The van der Waals surface area contributed by atoms with Gasteiger partial charge in [0.25, 0.3) is 0 Å². The predicted molar refractivity (Wildman–Crippen MR) is 91.2 cm³/mol. The molecular formula is C17H21N5O. The number of benzene rings is 1. The predicted octanol–water partition coefficient (Wildman–Crippen LogP) is 2.22. The number of hydrogen-bond donors (Lipinski definition) is 2. The van der Waals surface area contributed by atoms with Gasteiger partial charge in [0.2, 0.25) is 5.91 Å². The summed E-state index contributed by atoms with van der Waals surface area (Å²) in [5.74, 6) is 0.958. The van der Waals surface area contributed by atoms with E-state index < -0.39 is 0 Å². The number of carbonyl (C=O) groups excluding carboxylic acids is 1. The number of hydrogen-bond acceptors (Lipinski definition) is 5. The molecule has 120 valence electrons. The van der Waals surface area contributed by atoms with Crippen molar-refractivity contribution in [2.45, 2.75) is 19.8 Å². The zero-order valence-electron chi connectivity index (χ0n) is 13.2. The van der Waals surface area contributed by atoms with Crippen LogP contribution in [0.5, 0.6) is 0 Å². The number of aryl methyl sites for hydroxylation is 1. The first-order valence-electron chi connectivity index (χ1n) is 7.81. The quantitative estimate of drug-likeness (QED) is 0.849. The largest absolute Gasteiger partial charge is 0.399 e. The number of carbonyl (C=O) groups is 1. The van der Waals surface area contributed by atoms with Crippen molar-refractivity contribution < 1.29 is 4.79 Å².